The first-order valence-corrected chi connectivity index (χ1v) is 8.97. The lowest BCUT2D eigenvalue weighted by Gasteiger charge is -2.23. The van der Waals surface area contributed by atoms with Gasteiger partial charge >= 0.3 is 6.18 Å². The SMILES string of the molecule is CC(C)(C(=O)Nc1ccc(C(F)(F)F)cn1)S(=O)(=O)c1ccc(C#N)cc1. The topological polar surface area (TPSA) is 99.9 Å². The maximum Gasteiger partial charge on any atom is 0.417 e. The lowest BCUT2D eigenvalue weighted by Crippen LogP contribution is -2.44. The molecule has 1 heterocycles. The third-order valence-electron chi connectivity index (χ3n) is 3.84. The molecule has 0 unspecified atom stereocenters. The maximum absolute atomic E-state index is 12.8. The second-order valence-electron chi connectivity index (χ2n) is 6.03. The number of pyridine rings is 1. The van der Waals surface area contributed by atoms with Crippen LogP contribution in [0.25, 0.3) is 0 Å². The van der Waals surface area contributed by atoms with E-state index in [1.807, 2.05) is 6.07 Å². The van der Waals surface area contributed by atoms with Crippen LogP contribution in [-0.4, -0.2) is 24.1 Å². The van der Waals surface area contributed by atoms with Gasteiger partial charge in [0.15, 0.2) is 9.84 Å². The van der Waals surface area contributed by atoms with Gasteiger partial charge in [-0.2, -0.15) is 18.4 Å². The molecule has 0 saturated heterocycles. The Bertz CT molecular complexity index is 991. The molecule has 1 N–H and O–H groups in total. The van der Waals surface area contributed by atoms with Gasteiger partial charge in [0.05, 0.1) is 22.1 Å². The summed E-state index contributed by atoms with van der Waals surface area (Å²) < 4.78 is 61.2. The van der Waals surface area contributed by atoms with Gasteiger partial charge in [-0.05, 0) is 50.2 Å². The van der Waals surface area contributed by atoms with Crippen LogP contribution in [0.2, 0.25) is 0 Å². The van der Waals surface area contributed by atoms with E-state index in [9.17, 15) is 26.4 Å². The second kappa shape index (κ2) is 7.00. The van der Waals surface area contributed by atoms with E-state index in [4.69, 9.17) is 5.26 Å². The summed E-state index contributed by atoms with van der Waals surface area (Å²) in [6, 6.07) is 8.54. The standard InChI is InChI=1S/C17H14F3N3O3S/c1-16(2,27(25,26)13-6-3-11(9-21)4-7-13)15(24)23-14-8-5-12(10-22-14)17(18,19)20/h3-8,10H,1-2H3,(H,22,23,24). The molecule has 142 valence electrons. The van der Waals surface area contributed by atoms with Gasteiger partial charge in [-0.25, -0.2) is 13.4 Å². The Labute approximate surface area is 153 Å². The zero-order valence-corrected chi connectivity index (χ0v) is 15.0. The molecule has 0 spiro atoms. The van der Waals surface area contributed by atoms with Crippen molar-refractivity contribution in [2.75, 3.05) is 5.32 Å². The Kier molecular flexibility index (Phi) is 5.28. The Balaban J connectivity index is 2.26. The molecule has 0 aliphatic heterocycles. The number of hydrogen-bond acceptors (Lipinski definition) is 5. The van der Waals surface area contributed by atoms with Gasteiger partial charge in [-0.3, -0.25) is 4.79 Å². The van der Waals surface area contributed by atoms with Gasteiger partial charge in [0.25, 0.3) is 0 Å². The van der Waals surface area contributed by atoms with E-state index in [0.29, 0.717) is 6.20 Å². The lowest BCUT2D eigenvalue weighted by molar-refractivity contribution is -0.137. The maximum atomic E-state index is 12.8. The zero-order valence-electron chi connectivity index (χ0n) is 14.2. The highest BCUT2D eigenvalue weighted by Gasteiger charge is 2.43. The van der Waals surface area contributed by atoms with Crippen molar-refractivity contribution in [1.29, 1.82) is 5.26 Å². The molecule has 0 radical (unpaired) electrons. The highest BCUT2D eigenvalue weighted by atomic mass is 32.2. The van der Waals surface area contributed by atoms with Gasteiger partial charge in [-0.1, -0.05) is 0 Å². The molecule has 1 amide bonds. The van der Waals surface area contributed by atoms with Gasteiger partial charge in [0.1, 0.15) is 10.6 Å². The summed E-state index contributed by atoms with van der Waals surface area (Å²) in [5.74, 6) is -1.17. The fourth-order valence-electron chi connectivity index (χ4n) is 2.03. The first-order chi connectivity index (χ1) is 12.4. The number of nitrogens with one attached hydrogen (secondary N) is 1. The van der Waals surface area contributed by atoms with Crippen molar-refractivity contribution in [2.45, 2.75) is 29.7 Å². The minimum atomic E-state index is -4.58. The number of anilines is 1. The smallest absolute Gasteiger partial charge is 0.309 e. The molecule has 1 aromatic carbocycles. The van der Waals surface area contributed by atoms with E-state index in [0.717, 1.165) is 12.1 Å². The van der Waals surface area contributed by atoms with Crippen LogP contribution in [0.15, 0.2) is 47.5 Å². The Hall–Kier alpha value is -2.93. The van der Waals surface area contributed by atoms with Gasteiger partial charge in [0, 0.05) is 6.20 Å². The second-order valence-corrected chi connectivity index (χ2v) is 8.53. The van der Waals surface area contributed by atoms with E-state index < -0.39 is 32.2 Å². The van der Waals surface area contributed by atoms with Gasteiger partial charge in [-0.15, -0.1) is 0 Å². The zero-order chi connectivity index (χ0) is 20.5. The number of carbonyl (C=O) groups is 1. The number of rotatable bonds is 4. The number of carbonyl (C=O) groups excluding carboxylic acids is 1. The third-order valence-corrected chi connectivity index (χ3v) is 6.27. The molecule has 0 saturated carbocycles. The molecule has 0 atom stereocenters. The van der Waals surface area contributed by atoms with Crippen molar-refractivity contribution < 1.29 is 26.4 Å². The van der Waals surface area contributed by atoms with Gasteiger partial charge < -0.3 is 5.32 Å². The van der Waals surface area contributed by atoms with Crippen LogP contribution >= 0.6 is 0 Å². The van der Waals surface area contributed by atoms with Crippen molar-refractivity contribution in [3.63, 3.8) is 0 Å². The normalized spacial score (nSPS) is 12.3. The Morgan fingerprint density at radius 2 is 1.70 bits per heavy atom. The van der Waals surface area contributed by atoms with E-state index in [1.54, 1.807) is 0 Å². The van der Waals surface area contributed by atoms with Crippen molar-refractivity contribution in [1.82, 2.24) is 4.98 Å². The molecule has 1 aromatic heterocycles. The van der Waals surface area contributed by atoms with E-state index in [-0.39, 0.29) is 16.3 Å². The largest absolute Gasteiger partial charge is 0.417 e. The number of aromatic nitrogens is 1. The molecular weight excluding hydrogens is 383 g/mol. The quantitative estimate of drug-likeness (QED) is 0.854. The van der Waals surface area contributed by atoms with Crippen molar-refractivity contribution in [3.8, 4) is 6.07 Å². The monoisotopic (exact) mass is 397 g/mol. The number of benzene rings is 1. The Morgan fingerprint density at radius 3 is 2.15 bits per heavy atom. The molecular formula is C17H14F3N3O3S. The Morgan fingerprint density at radius 1 is 1.11 bits per heavy atom. The summed E-state index contributed by atoms with van der Waals surface area (Å²) in [5.41, 5.74) is -0.741. The molecule has 0 aliphatic carbocycles. The number of sulfone groups is 1. The summed E-state index contributed by atoms with van der Waals surface area (Å²) in [7, 11) is -4.14. The van der Waals surface area contributed by atoms with Crippen LogP contribution in [0.5, 0.6) is 0 Å². The van der Waals surface area contributed by atoms with Crippen molar-refractivity contribution >= 4 is 21.6 Å². The van der Waals surface area contributed by atoms with Crippen LogP contribution in [0.4, 0.5) is 19.0 Å². The van der Waals surface area contributed by atoms with Crippen LogP contribution in [0.1, 0.15) is 25.0 Å². The molecule has 0 fully saturated rings. The average molecular weight is 397 g/mol. The molecule has 2 aromatic rings. The van der Waals surface area contributed by atoms with Crippen LogP contribution < -0.4 is 5.32 Å². The molecule has 10 heteroatoms. The first-order valence-electron chi connectivity index (χ1n) is 7.49. The number of nitriles is 1. The third kappa shape index (κ3) is 4.09. The van der Waals surface area contributed by atoms with Crippen LogP contribution in [-0.2, 0) is 20.8 Å². The van der Waals surface area contributed by atoms with Crippen LogP contribution in [0.3, 0.4) is 0 Å². The van der Waals surface area contributed by atoms with Crippen molar-refractivity contribution in [3.05, 3.63) is 53.7 Å². The highest BCUT2D eigenvalue weighted by Crippen LogP contribution is 2.30. The predicted octanol–water partition coefficient (Wildman–Crippen LogP) is 3.16. The number of nitrogens with zero attached hydrogens (tertiary/aromatic N) is 2. The summed E-state index contributed by atoms with van der Waals surface area (Å²) >= 11 is 0. The number of amides is 1. The fraction of sp³-hybridized carbons (Fsp3) is 0.235. The number of halogens is 3. The summed E-state index contributed by atoms with van der Waals surface area (Å²) in [6.07, 6.45) is -4.04. The molecule has 6 nitrogen and oxygen atoms in total. The van der Waals surface area contributed by atoms with Crippen LogP contribution in [0, 0.1) is 11.3 Å². The highest BCUT2D eigenvalue weighted by molar-refractivity contribution is 7.93. The van der Waals surface area contributed by atoms with Gasteiger partial charge in [0.2, 0.25) is 5.91 Å². The summed E-state index contributed by atoms with van der Waals surface area (Å²) in [4.78, 5) is 15.8. The summed E-state index contributed by atoms with van der Waals surface area (Å²) in [6.45, 7) is 2.33. The van der Waals surface area contributed by atoms with Crippen molar-refractivity contribution in [2.24, 2.45) is 0 Å². The number of hydrogen-bond donors (Lipinski definition) is 1. The van der Waals surface area contributed by atoms with E-state index in [2.05, 4.69) is 10.3 Å². The molecule has 0 aliphatic rings. The summed E-state index contributed by atoms with van der Waals surface area (Å²) in [5, 5.41) is 11.0. The van der Waals surface area contributed by atoms with E-state index >= 15 is 0 Å². The average Bonchev–Trinajstić information content (AvgIpc) is 2.61. The predicted molar refractivity (Wildman–Crippen MR) is 90.3 cm³/mol. The minimum Gasteiger partial charge on any atom is -0.309 e. The lowest BCUT2D eigenvalue weighted by atomic mass is 10.2. The molecule has 27 heavy (non-hydrogen) atoms. The first kappa shape index (κ1) is 20.4. The molecule has 0 bridgehead atoms. The minimum absolute atomic E-state index is 0.165. The fourth-order valence-corrected chi connectivity index (χ4v) is 3.41. The number of alkyl halides is 3. The molecule has 2 rings (SSSR count). The van der Waals surface area contributed by atoms with E-state index in [1.165, 1.54) is 38.1 Å².